The van der Waals surface area contributed by atoms with E-state index in [1.165, 1.54) is 17.7 Å². The van der Waals surface area contributed by atoms with Crippen molar-refractivity contribution < 1.29 is 14.1 Å². The van der Waals surface area contributed by atoms with E-state index in [-0.39, 0.29) is 11.7 Å². The van der Waals surface area contributed by atoms with Gasteiger partial charge in [-0.25, -0.2) is 4.39 Å². The Kier molecular flexibility index (Phi) is 5.73. The predicted molar refractivity (Wildman–Crippen MR) is 118 cm³/mol. The Morgan fingerprint density at radius 2 is 1.63 bits per heavy atom. The highest BCUT2D eigenvalue weighted by Gasteiger charge is 2.27. The molecule has 5 heteroatoms. The van der Waals surface area contributed by atoms with Crippen molar-refractivity contribution in [2.24, 2.45) is 0 Å². The predicted octanol–water partition coefficient (Wildman–Crippen LogP) is 3.26. The van der Waals surface area contributed by atoms with Crippen LogP contribution in [0.15, 0.2) is 54.6 Å². The van der Waals surface area contributed by atoms with Crippen LogP contribution in [0.4, 0.5) is 4.39 Å². The van der Waals surface area contributed by atoms with E-state index in [0.717, 1.165) is 60.9 Å². The van der Waals surface area contributed by atoms with E-state index in [4.69, 9.17) is 0 Å². The number of nitrogens with one attached hydrogen (secondary N) is 1. The fraction of sp³-hybridized carbons (Fsp3) is 0.320. The summed E-state index contributed by atoms with van der Waals surface area (Å²) in [4.78, 5) is 16.9. The molecule has 1 saturated heterocycles. The van der Waals surface area contributed by atoms with E-state index >= 15 is 0 Å². The third-order valence-corrected chi connectivity index (χ3v) is 6.17. The summed E-state index contributed by atoms with van der Waals surface area (Å²) in [5.74, 6) is -0.187. The molecule has 2 aromatic carbocycles. The molecule has 156 valence electrons. The minimum absolute atomic E-state index is 0.0804. The number of amides is 1. The van der Waals surface area contributed by atoms with Crippen LogP contribution in [0.3, 0.4) is 0 Å². The maximum Gasteiger partial charge on any atom is 0.256 e. The Bertz CT molecular complexity index is 1030. The molecule has 1 amide bonds. The smallest absolute Gasteiger partial charge is 0.256 e. The van der Waals surface area contributed by atoms with Crippen LogP contribution in [0, 0.1) is 19.7 Å². The maximum atomic E-state index is 13.5. The topological polar surface area (TPSA) is 29.7 Å². The van der Waals surface area contributed by atoms with Gasteiger partial charge < -0.3 is 14.4 Å². The first-order valence-corrected chi connectivity index (χ1v) is 10.7. The van der Waals surface area contributed by atoms with Gasteiger partial charge in [-0.1, -0.05) is 17.7 Å². The molecular weight excluding hydrogens is 377 g/mol. The van der Waals surface area contributed by atoms with E-state index in [9.17, 15) is 9.18 Å². The highest BCUT2D eigenvalue weighted by Crippen LogP contribution is 2.30. The second kappa shape index (κ2) is 8.44. The molecule has 30 heavy (non-hydrogen) atoms. The molecule has 1 N–H and O–H groups in total. The Morgan fingerprint density at radius 3 is 2.23 bits per heavy atom. The zero-order valence-electron chi connectivity index (χ0n) is 17.9. The molecule has 2 heterocycles. The van der Waals surface area contributed by atoms with E-state index < -0.39 is 0 Å². The second-order valence-electron chi connectivity index (χ2n) is 8.10. The molecule has 1 aliphatic heterocycles. The summed E-state index contributed by atoms with van der Waals surface area (Å²) in [5.41, 5.74) is 5.59. The van der Waals surface area contributed by atoms with Crippen LogP contribution in [0.5, 0.6) is 0 Å². The molecule has 3 aromatic rings. The minimum atomic E-state index is -0.267. The summed E-state index contributed by atoms with van der Waals surface area (Å²) in [5, 5.41) is 0. The molecule has 1 aliphatic rings. The van der Waals surface area contributed by atoms with Crippen molar-refractivity contribution >= 4 is 5.91 Å². The molecular formula is C25H29FN3O+. The lowest BCUT2D eigenvalue weighted by atomic mass is 10.1. The third-order valence-electron chi connectivity index (χ3n) is 6.17. The minimum Gasteiger partial charge on any atom is -0.332 e. The second-order valence-corrected chi connectivity index (χ2v) is 8.10. The van der Waals surface area contributed by atoms with Gasteiger partial charge in [0.25, 0.3) is 5.91 Å². The molecule has 0 unspecified atom stereocenters. The van der Waals surface area contributed by atoms with Crippen LogP contribution in [-0.4, -0.2) is 48.1 Å². The Hall–Kier alpha value is -2.92. The number of likely N-dealkylation sites (N-methyl/N-ethyl adjacent to an activating group) is 1. The summed E-state index contributed by atoms with van der Waals surface area (Å²) in [6.07, 6.45) is 0. The molecule has 1 fully saturated rings. The quantitative estimate of drug-likeness (QED) is 0.708. The number of carbonyl (C=O) groups is 1. The van der Waals surface area contributed by atoms with Crippen LogP contribution >= 0.6 is 0 Å². The highest BCUT2D eigenvalue weighted by atomic mass is 19.1. The zero-order chi connectivity index (χ0) is 21.3. The molecule has 1 aromatic heterocycles. The number of aryl methyl sites for hydroxylation is 1. The number of carbonyl (C=O) groups excluding carboxylic acids is 1. The molecule has 0 aliphatic carbocycles. The number of hydrogen-bond donors (Lipinski definition) is 1. The number of aromatic nitrogens is 1. The van der Waals surface area contributed by atoms with Crippen LogP contribution in [-0.2, 0) is 0 Å². The van der Waals surface area contributed by atoms with Gasteiger partial charge in [0.15, 0.2) is 0 Å². The van der Waals surface area contributed by atoms with Gasteiger partial charge in [-0.05, 0) is 68.8 Å². The monoisotopic (exact) mass is 406 g/mol. The van der Waals surface area contributed by atoms with E-state index in [2.05, 4.69) is 42.7 Å². The van der Waals surface area contributed by atoms with E-state index in [1.54, 1.807) is 17.0 Å². The van der Waals surface area contributed by atoms with Gasteiger partial charge in [0.1, 0.15) is 5.82 Å². The molecule has 0 bridgehead atoms. The number of piperazine rings is 1. The van der Waals surface area contributed by atoms with Crippen molar-refractivity contribution in [1.82, 2.24) is 9.47 Å². The summed E-state index contributed by atoms with van der Waals surface area (Å²) in [6, 6.07) is 16.7. The van der Waals surface area contributed by atoms with Crippen molar-refractivity contribution in [2.45, 2.75) is 20.8 Å². The first-order chi connectivity index (χ1) is 14.5. The molecule has 0 saturated carbocycles. The first-order valence-electron chi connectivity index (χ1n) is 10.7. The molecule has 4 rings (SSSR count). The lowest BCUT2D eigenvalue weighted by molar-refractivity contribution is -0.902. The lowest BCUT2D eigenvalue weighted by Crippen LogP contribution is -3.14. The van der Waals surface area contributed by atoms with Crippen molar-refractivity contribution in [3.8, 4) is 16.9 Å². The van der Waals surface area contributed by atoms with E-state index in [1.807, 2.05) is 17.9 Å². The fourth-order valence-electron chi connectivity index (χ4n) is 4.23. The van der Waals surface area contributed by atoms with Gasteiger partial charge in [0.05, 0.1) is 44.0 Å². The fourth-order valence-corrected chi connectivity index (χ4v) is 4.23. The molecule has 4 nitrogen and oxygen atoms in total. The Labute approximate surface area is 177 Å². The van der Waals surface area contributed by atoms with Gasteiger partial charge >= 0.3 is 0 Å². The largest absolute Gasteiger partial charge is 0.332 e. The van der Waals surface area contributed by atoms with E-state index in [0.29, 0.717) is 0 Å². The molecule has 0 atom stereocenters. The summed E-state index contributed by atoms with van der Waals surface area (Å²) < 4.78 is 15.6. The van der Waals surface area contributed by atoms with Gasteiger partial charge in [-0.2, -0.15) is 0 Å². The normalized spacial score (nSPS) is 14.9. The number of halogens is 1. The zero-order valence-corrected chi connectivity index (χ0v) is 17.9. The number of hydrogen-bond acceptors (Lipinski definition) is 1. The summed E-state index contributed by atoms with van der Waals surface area (Å²) in [6.45, 7) is 10.9. The van der Waals surface area contributed by atoms with Crippen LogP contribution in [0.1, 0.15) is 28.5 Å². The maximum absolute atomic E-state index is 13.5. The molecule has 0 spiro atoms. The number of quaternary nitrogens is 1. The highest BCUT2D eigenvalue weighted by molar-refractivity contribution is 5.97. The van der Waals surface area contributed by atoms with Crippen LogP contribution in [0.25, 0.3) is 16.9 Å². The number of nitrogens with zero attached hydrogens (tertiary/aromatic N) is 2. The van der Waals surface area contributed by atoms with Crippen molar-refractivity contribution in [3.63, 3.8) is 0 Å². The lowest BCUT2D eigenvalue weighted by Gasteiger charge is -2.31. The summed E-state index contributed by atoms with van der Waals surface area (Å²) in [7, 11) is 0. The Morgan fingerprint density at radius 1 is 1.00 bits per heavy atom. The SMILES string of the molecule is CC[NH+]1CCN(C(=O)c2cc(-c3ccc(F)cc3)n(-c3ccc(C)cc3)c2C)CC1. The average Bonchev–Trinajstić information content (AvgIpc) is 3.11. The Balaban J connectivity index is 1.77. The summed E-state index contributed by atoms with van der Waals surface area (Å²) >= 11 is 0. The van der Waals surface area contributed by atoms with Gasteiger partial charge in [-0.3, -0.25) is 4.79 Å². The van der Waals surface area contributed by atoms with Crippen molar-refractivity contribution in [2.75, 3.05) is 32.7 Å². The van der Waals surface area contributed by atoms with Crippen molar-refractivity contribution in [3.05, 3.63) is 77.2 Å². The first kappa shape index (κ1) is 20.4. The molecule has 0 radical (unpaired) electrons. The average molecular weight is 407 g/mol. The number of benzene rings is 2. The van der Waals surface area contributed by atoms with Gasteiger partial charge in [-0.15, -0.1) is 0 Å². The standard InChI is InChI=1S/C25H28FN3O/c1-4-27-13-15-28(16-14-27)25(30)23-17-24(20-7-9-21(26)10-8-20)29(19(23)3)22-11-5-18(2)6-12-22/h5-12,17H,4,13-16H2,1-3H3/p+1. The van der Waals surface area contributed by atoms with Crippen LogP contribution in [0.2, 0.25) is 0 Å². The van der Waals surface area contributed by atoms with Gasteiger partial charge in [0, 0.05) is 11.4 Å². The van der Waals surface area contributed by atoms with Crippen LogP contribution < -0.4 is 4.90 Å². The van der Waals surface area contributed by atoms with Crippen molar-refractivity contribution in [1.29, 1.82) is 0 Å². The number of rotatable bonds is 4. The van der Waals surface area contributed by atoms with Gasteiger partial charge in [0.2, 0.25) is 0 Å². The third kappa shape index (κ3) is 3.90.